The van der Waals surface area contributed by atoms with Gasteiger partial charge < -0.3 is 19.5 Å². The number of hydrogen-bond acceptors (Lipinski definition) is 8. The van der Waals surface area contributed by atoms with Crippen molar-refractivity contribution in [3.63, 3.8) is 0 Å². The van der Waals surface area contributed by atoms with Crippen LogP contribution in [0.25, 0.3) is 5.69 Å². The molecular weight excluding hydrogens is 512 g/mol. The number of pyridine rings is 1. The number of carbonyl (C=O) groups excluding carboxylic acids is 3. The van der Waals surface area contributed by atoms with Crippen molar-refractivity contribution >= 4 is 29.2 Å². The van der Waals surface area contributed by atoms with Crippen molar-refractivity contribution < 1.29 is 29.0 Å². The van der Waals surface area contributed by atoms with Crippen molar-refractivity contribution in [3.8, 4) is 10.8 Å². The Morgan fingerprint density at radius 2 is 1.74 bits per heavy atom. The topological polar surface area (TPSA) is 130 Å². The summed E-state index contributed by atoms with van der Waals surface area (Å²) in [7, 11) is 3.01. The lowest BCUT2D eigenvalue weighted by Gasteiger charge is -2.17. The van der Waals surface area contributed by atoms with Gasteiger partial charge in [-0.3, -0.25) is 29.4 Å². The lowest BCUT2D eigenvalue weighted by Crippen LogP contribution is -2.43. The number of hydrazine groups is 1. The molecule has 1 saturated heterocycles. The number of rotatable bonds is 6. The molecule has 1 aromatic carbocycles. The summed E-state index contributed by atoms with van der Waals surface area (Å²) >= 11 is 0.929. The summed E-state index contributed by atoms with van der Waals surface area (Å²) in [5.41, 5.74) is 3.27. The number of benzene rings is 1. The zero-order chi connectivity index (χ0) is 27.5. The molecule has 0 spiro atoms. The van der Waals surface area contributed by atoms with E-state index in [9.17, 15) is 24.3 Å². The van der Waals surface area contributed by atoms with E-state index < -0.39 is 11.8 Å². The van der Waals surface area contributed by atoms with E-state index >= 15 is 0 Å². The van der Waals surface area contributed by atoms with Crippen LogP contribution in [0.5, 0.6) is 5.06 Å². The summed E-state index contributed by atoms with van der Waals surface area (Å²) in [6.07, 6.45) is 3.63. The number of hydrogen-bond donors (Lipinski definition) is 2. The van der Waals surface area contributed by atoms with Crippen LogP contribution in [0.2, 0.25) is 0 Å². The predicted octanol–water partition coefficient (Wildman–Crippen LogP) is 2.89. The molecule has 4 rings (SSSR count). The van der Waals surface area contributed by atoms with Gasteiger partial charge >= 0.3 is 6.09 Å². The summed E-state index contributed by atoms with van der Waals surface area (Å²) in [6, 6.07) is 14.2. The van der Waals surface area contributed by atoms with Crippen LogP contribution in [0.1, 0.15) is 32.9 Å². The van der Waals surface area contributed by atoms with E-state index in [-0.39, 0.29) is 16.7 Å². The van der Waals surface area contributed by atoms with Crippen LogP contribution in [-0.4, -0.2) is 78.0 Å². The first-order valence-electron chi connectivity index (χ1n) is 11.9. The monoisotopic (exact) mass is 542 g/mol. The molecular formula is C26H30N4O7S. The molecule has 3 amide bonds. The quantitative estimate of drug-likeness (QED) is 0.362. The lowest BCUT2D eigenvalue weighted by molar-refractivity contribution is 0.0640. The summed E-state index contributed by atoms with van der Waals surface area (Å²) in [5, 5.41) is 10.4. The highest BCUT2D eigenvalue weighted by Crippen LogP contribution is 2.23. The van der Waals surface area contributed by atoms with Crippen LogP contribution in [-0.2, 0) is 9.47 Å². The smallest absolute Gasteiger partial charge is 0.409 e. The van der Waals surface area contributed by atoms with E-state index in [4.69, 9.17) is 9.47 Å². The number of aromatic hydroxyl groups is 1. The third kappa shape index (κ3) is 7.92. The van der Waals surface area contributed by atoms with E-state index in [1.165, 1.54) is 29.8 Å². The van der Waals surface area contributed by atoms with Gasteiger partial charge in [0.2, 0.25) is 0 Å². The second kappa shape index (κ2) is 14.0. The molecule has 1 aliphatic rings. The molecule has 3 heterocycles. The average Bonchev–Trinajstić information content (AvgIpc) is 3.61. The molecule has 0 radical (unpaired) electrons. The molecule has 202 valence electrons. The third-order valence-corrected chi connectivity index (χ3v) is 6.36. The number of nitrogens with zero attached hydrogens (tertiary/aromatic N) is 3. The average molecular weight is 543 g/mol. The van der Waals surface area contributed by atoms with Gasteiger partial charge in [-0.2, -0.15) is 0 Å². The van der Waals surface area contributed by atoms with Crippen LogP contribution in [0.4, 0.5) is 4.79 Å². The number of carbonyl (C=O) groups is 3. The van der Waals surface area contributed by atoms with Gasteiger partial charge in [0.15, 0.2) is 5.06 Å². The van der Waals surface area contributed by atoms with E-state index in [0.29, 0.717) is 29.3 Å². The minimum absolute atomic E-state index is 0.0276. The maximum absolute atomic E-state index is 12.3. The maximum atomic E-state index is 12.3. The lowest BCUT2D eigenvalue weighted by atomic mass is 10.2. The van der Waals surface area contributed by atoms with Crippen molar-refractivity contribution in [3.05, 3.63) is 81.6 Å². The Hall–Kier alpha value is -4.16. The first kappa shape index (κ1) is 28.4. The predicted molar refractivity (Wildman–Crippen MR) is 142 cm³/mol. The molecule has 11 nitrogen and oxygen atoms in total. The van der Waals surface area contributed by atoms with Gasteiger partial charge in [0.25, 0.3) is 17.4 Å². The second-order valence-electron chi connectivity index (χ2n) is 8.20. The van der Waals surface area contributed by atoms with Gasteiger partial charge in [0, 0.05) is 50.8 Å². The summed E-state index contributed by atoms with van der Waals surface area (Å²) in [6.45, 7) is 2.50. The summed E-state index contributed by atoms with van der Waals surface area (Å²) < 4.78 is 11.1. The summed E-state index contributed by atoms with van der Waals surface area (Å²) in [4.78, 5) is 49.5. The van der Waals surface area contributed by atoms with Gasteiger partial charge in [-0.05, 0) is 55.3 Å². The molecule has 2 aromatic heterocycles. The van der Waals surface area contributed by atoms with Gasteiger partial charge in [-0.1, -0.05) is 17.4 Å². The SMILES string of the molecule is CN(NC(=O)c1ccc(-n2ccccc2=O)cc1)C(=O)c1ccc(O)s1.COCCOC(=O)N1CCCC1. The highest BCUT2D eigenvalue weighted by Gasteiger charge is 2.19. The number of nitrogens with one attached hydrogen (secondary N) is 1. The van der Waals surface area contributed by atoms with Gasteiger partial charge in [-0.25, -0.2) is 4.79 Å². The van der Waals surface area contributed by atoms with E-state index in [2.05, 4.69) is 5.43 Å². The van der Waals surface area contributed by atoms with Crippen LogP contribution >= 0.6 is 11.3 Å². The van der Waals surface area contributed by atoms with Gasteiger partial charge in [0.1, 0.15) is 6.61 Å². The maximum Gasteiger partial charge on any atom is 0.409 e. The molecule has 0 bridgehead atoms. The molecule has 1 fully saturated rings. The van der Waals surface area contributed by atoms with Gasteiger partial charge in [-0.15, -0.1) is 0 Å². The summed E-state index contributed by atoms with van der Waals surface area (Å²) in [5.74, 6) is -0.898. The first-order chi connectivity index (χ1) is 18.3. The van der Waals surface area contributed by atoms with Crippen molar-refractivity contribution in [2.45, 2.75) is 12.8 Å². The highest BCUT2D eigenvalue weighted by atomic mass is 32.1. The van der Waals surface area contributed by atoms with Gasteiger partial charge in [0.05, 0.1) is 11.5 Å². The van der Waals surface area contributed by atoms with Crippen LogP contribution in [0, 0.1) is 0 Å². The molecule has 12 heteroatoms. The fraction of sp³-hybridized carbons (Fsp3) is 0.308. The van der Waals surface area contributed by atoms with E-state index in [1.54, 1.807) is 54.6 Å². The standard InChI is InChI=1S/C18H15N3O4S.C8H15NO3/c1-20(18(25)14-9-10-16(23)26-14)19-17(24)12-5-7-13(8-6-12)21-11-3-2-4-15(21)22;1-11-6-7-12-8(10)9-4-2-3-5-9/h2-11,23H,1H3,(H,19,24);2-7H2,1H3. The largest absolute Gasteiger partial charge is 0.499 e. The normalized spacial score (nSPS) is 12.3. The molecule has 0 atom stereocenters. The number of likely N-dealkylation sites (tertiary alicyclic amines) is 1. The molecule has 38 heavy (non-hydrogen) atoms. The Kier molecular flexibility index (Phi) is 10.4. The Balaban J connectivity index is 0.000000279. The zero-order valence-electron chi connectivity index (χ0n) is 21.2. The molecule has 1 aliphatic heterocycles. The van der Waals surface area contributed by atoms with Crippen molar-refractivity contribution in [2.75, 3.05) is 40.5 Å². The van der Waals surface area contributed by atoms with E-state index in [0.717, 1.165) is 42.3 Å². The molecule has 3 aromatic rings. The Labute approximate surface area is 223 Å². The number of aromatic nitrogens is 1. The first-order valence-corrected chi connectivity index (χ1v) is 12.7. The van der Waals surface area contributed by atoms with E-state index in [1.807, 2.05) is 0 Å². The van der Waals surface area contributed by atoms with Crippen LogP contribution in [0.3, 0.4) is 0 Å². The number of methoxy groups -OCH3 is 1. The second-order valence-corrected chi connectivity index (χ2v) is 9.26. The Morgan fingerprint density at radius 3 is 2.34 bits per heavy atom. The third-order valence-electron chi connectivity index (χ3n) is 5.48. The van der Waals surface area contributed by atoms with Crippen molar-refractivity contribution in [2.24, 2.45) is 0 Å². The van der Waals surface area contributed by atoms with Crippen LogP contribution < -0.4 is 11.0 Å². The Morgan fingerprint density at radius 1 is 1.03 bits per heavy atom. The molecule has 0 saturated carbocycles. The molecule has 2 N–H and O–H groups in total. The van der Waals surface area contributed by atoms with Crippen molar-refractivity contribution in [1.82, 2.24) is 19.9 Å². The number of ether oxygens (including phenoxy) is 2. The number of thiophene rings is 1. The van der Waals surface area contributed by atoms with Crippen molar-refractivity contribution in [1.29, 1.82) is 0 Å². The highest BCUT2D eigenvalue weighted by molar-refractivity contribution is 7.15. The fourth-order valence-electron chi connectivity index (χ4n) is 3.49. The zero-order valence-corrected chi connectivity index (χ0v) is 22.0. The molecule has 0 unspecified atom stereocenters. The minimum Gasteiger partial charge on any atom is -0.499 e. The Bertz CT molecular complexity index is 1280. The molecule has 0 aliphatic carbocycles. The fourth-order valence-corrected chi connectivity index (χ4v) is 4.21. The minimum atomic E-state index is -0.464. The van der Waals surface area contributed by atoms with Crippen LogP contribution in [0.15, 0.2) is 65.6 Å². The number of amides is 3.